The lowest BCUT2D eigenvalue weighted by atomic mass is 10.1. The summed E-state index contributed by atoms with van der Waals surface area (Å²) in [4.78, 5) is 28.4. The number of hydrogen-bond donors (Lipinski definition) is 1. The van der Waals surface area contributed by atoms with Crippen LogP contribution in [0.2, 0.25) is 0 Å². The zero-order chi connectivity index (χ0) is 16.1. The molecule has 1 saturated heterocycles. The Morgan fingerprint density at radius 3 is 2.23 bits per heavy atom. The van der Waals surface area contributed by atoms with Crippen LogP contribution in [0, 0.1) is 0 Å². The number of amides is 2. The first-order chi connectivity index (χ1) is 10.5. The summed E-state index contributed by atoms with van der Waals surface area (Å²) < 4.78 is 5.08. The Hall–Kier alpha value is -1.14. The smallest absolute Gasteiger partial charge is 0.251 e. The SMILES string of the molecule is CO[C@@H](C)C(=O)N1CCN([C@H](C)C(=O)NC2CCCC2)CC1. The van der Waals surface area contributed by atoms with Crippen LogP contribution in [0.25, 0.3) is 0 Å². The number of nitrogens with one attached hydrogen (secondary N) is 1. The quantitative estimate of drug-likeness (QED) is 0.808. The Morgan fingerprint density at radius 1 is 1.09 bits per heavy atom. The predicted octanol–water partition coefficient (Wildman–Crippen LogP) is 0.613. The summed E-state index contributed by atoms with van der Waals surface area (Å²) in [7, 11) is 1.55. The van der Waals surface area contributed by atoms with Gasteiger partial charge in [-0.25, -0.2) is 0 Å². The number of methoxy groups -OCH3 is 1. The number of nitrogens with zero attached hydrogens (tertiary/aromatic N) is 2. The molecule has 0 bridgehead atoms. The van der Waals surface area contributed by atoms with Gasteiger partial charge >= 0.3 is 0 Å². The third-order valence-corrected chi connectivity index (χ3v) is 4.96. The van der Waals surface area contributed by atoms with Gasteiger partial charge in [0, 0.05) is 39.3 Å². The summed E-state index contributed by atoms with van der Waals surface area (Å²) in [6, 6.07) is 0.234. The van der Waals surface area contributed by atoms with Crippen LogP contribution in [-0.4, -0.2) is 73.1 Å². The molecule has 2 amide bonds. The Bertz CT molecular complexity index is 388. The molecule has 0 radical (unpaired) electrons. The van der Waals surface area contributed by atoms with Gasteiger partial charge in [-0.15, -0.1) is 0 Å². The first-order valence-electron chi connectivity index (χ1n) is 8.39. The molecule has 2 aliphatic rings. The van der Waals surface area contributed by atoms with Crippen molar-refractivity contribution >= 4 is 11.8 Å². The van der Waals surface area contributed by atoms with Crippen LogP contribution in [0.3, 0.4) is 0 Å². The van der Waals surface area contributed by atoms with Gasteiger partial charge < -0.3 is 15.0 Å². The minimum absolute atomic E-state index is 0.0326. The molecule has 2 fully saturated rings. The molecule has 126 valence electrons. The van der Waals surface area contributed by atoms with E-state index in [9.17, 15) is 9.59 Å². The first kappa shape index (κ1) is 17.2. The summed E-state index contributed by atoms with van der Waals surface area (Å²) in [6.45, 7) is 6.52. The summed E-state index contributed by atoms with van der Waals surface area (Å²) in [5, 5.41) is 3.16. The van der Waals surface area contributed by atoms with Crippen molar-refractivity contribution in [1.29, 1.82) is 0 Å². The van der Waals surface area contributed by atoms with E-state index in [2.05, 4.69) is 10.2 Å². The van der Waals surface area contributed by atoms with E-state index in [1.54, 1.807) is 14.0 Å². The first-order valence-corrected chi connectivity index (χ1v) is 8.39. The fraction of sp³-hybridized carbons (Fsp3) is 0.875. The second-order valence-electron chi connectivity index (χ2n) is 6.41. The van der Waals surface area contributed by atoms with Crippen LogP contribution in [0.1, 0.15) is 39.5 Å². The van der Waals surface area contributed by atoms with Crippen molar-refractivity contribution in [2.75, 3.05) is 33.3 Å². The second-order valence-corrected chi connectivity index (χ2v) is 6.41. The van der Waals surface area contributed by atoms with E-state index in [4.69, 9.17) is 4.74 Å². The van der Waals surface area contributed by atoms with Gasteiger partial charge in [-0.1, -0.05) is 12.8 Å². The second kappa shape index (κ2) is 7.92. The average molecular weight is 311 g/mol. The molecule has 0 unspecified atom stereocenters. The van der Waals surface area contributed by atoms with Gasteiger partial charge in [0.2, 0.25) is 5.91 Å². The van der Waals surface area contributed by atoms with E-state index >= 15 is 0 Å². The molecule has 0 spiro atoms. The van der Waals surface area contributed by atoms with Crippen molar-refractivity contribution in [2.45, 2.75) is 57.7 Å². The monoisotopic (exact) mass is 311 g/mol. The molecule has 1 heterocycles. The maximum Gasteiger partial charge on any atom is 0.251 e. The maximum atomic E-state index is 12.3. The van der Waals surface area contributed by atoms with Gasteiger partial charge in [0.25, 0.3) is 5.91 Å². The Labute approximate surface area is 133 Å². The number of rotatable bonds is 5. The van der Waals surface area contributed by atoms with E-state index < -0.39 is 6.10 Å². The largest absolute Gasteiger partial charge is 0.372 e. The van der Waals surface area contributed by atoms with Crippen LogP contribution >= 0.6 is 0 Å². The Morgan fingerprint density at radius 2 is 1.68 bits per heavy atom. The van der Waals surface area contributed by atoms with Crippen molar-refractivity contribution in [3.63, 3.8) is 0 Å². The van der Waals surface area contributed by atoms with Gasteiger partial charge in [-0.3, -0.25) is 14.5 Å². The van der Waals surface area contributed by atoms with Crippen molar-refractivity contribution in [3.05, 3.63) is 0 Å². The number of carbonyl (C=O) groups is 2. The molecular weight excluding hydrogens is 282 g/mol. The maximum absolute atomic E-state index is 12.3. The minimum atomic E-state index is -0.394. The highest BCUT2D eigenvalue weighted by Gasteiger charge is 2.30. The number of hydrogen-bond acceptors (Lipinski definition) is 4. The van der Waals surface area contributed by atoms with Crippen molar-refractivity contribution in [3.8, 4) is 0 Å². The fourth-order valence-corrected chi connectivity index (χ4v) is 3.25. The lowest BCUT2D eigenvalue weighted by Crippen LogP contribution is -2.56. The molecule has 1 saturated carbocycles. The standard InChI is InChI=1S/C16H29N3O3/c1-12(15(20)17-14-6-4-5-7-14)18-8-10-19(11-9-18)16(21)13(2)22-3/h12-14H,4-11H2,1-3H3,(H,17,20)/t12-,13+/m1/s1. The van der Waals surface area contributed by atoms with Gasteiger partial charge in [0.1, 0.15) is 6.10 Å². The molecule has 1 N–H and O–H groups in total. The van der Waals surface area contributed by atoms with Crippen LogP contribution in [0.4, 0.5) is 0 Å². The highest BCUT2D eigenvalue weighted by molar-refractivity contribution is 5.82. The average Bonchev–Trinajstić information content (AvgIpc) is 3.05. The highest BCUT2D eigenvalue weighted by Crippen LogP contribution is 2.18. The van der Waals surface area contributed by atoms with E-state index in [1.807, 2.05) is 11.8 Å². The fourth-order valence-electron chi connectivity index (χ4n) is 3.25. The number of ether oxygens (including phenoxy) is 1. The van der Waals surface area contributed by atoms with E-state index in [0.717, 1.165) is 25.9 Å². The lowest BCUT2D eigenvalue weighted by molar-refractivity contribution is -0.143. The van der Waals surface area contributed by atoms with Crippen molar-refractivity contribution in [1.82, 2.24) is 15.1 Å². The zero-order valence-electron chi connectivity index (χ0n) is 14.0. The Balaban J connectivity index is 1.77. The molecule has 1 aliphatic heterocycles. The topological polar surface area (TPSA) is 61.9 Å². The molecule has 2 atom stereocenters. The molecule has 0 aromatic heterocycles. The van der Waals surface area contributed by atoms with Gasteiger partial charge in [0.05, 0.1) is 6.04 Å². The van der Waals surface area contributed by atoms with Crippen LogP contribution < -0.4 is 5.32 Å². The predicted molar refractivity (Wildman–Crippen MR) is 84.5 cm³/mol. The normalized spacial score (nSPS) is 23.3. The summed E-state index contributed by atoms with van der Waals surface area (Å²) in [5.74, 6) is 0.155. The van der Waals surface area contributed by atoms with E-state index in [1.165, 1.54) is 12.8 Å². The number of carbonyl (C=O) groups excluding carboxylic acids is 2. The van der Waals surface area contributed by atoms with Gasteiger partial charge in [-0.05, 0) is 26.7 Å². The zero-order valence-corrected chi connectivity index (χ0v) is 14.0. The van der Waals surface area contributed by atoms with Crippen molar-refractivity contribution < 1.29 is 14.3 Å². The van der Waals surface area contributed by atoms with Gasteiger partial charge in [-0.2, -0.15) is 0 Å². The van der Waals surface area contributed by atoms with E-state index in [-0.39, 0.29) is 17.9 Å². The highest BCUT2D eigenvalue weighted by atomic mass is 16.5. The molecule has 1 aliphatic carbocycles. The molecule has 0 aromatic carbocycles. The molecule has 6 nitrogen and oxygen atoms in total. The van der Waals surface area contributed by atoms with Crippen molar-refractivity contribution in [2.24, 2.45) is 0 Å². The number of piperazine rings is 1. The summed E-state index contributed by atoms with van der Waals surface area (Å²) in [5.41, 5.74) is 0. The molecular formula is C16H29N3O3. The molecule has 6 heteroatoms. The third kappa shape index (κ3) is 4.20. The minimum Gasteiger partial charge on any atom is -0.372 e. The third-order valence-electron chi connectivity index (χ3n) is 4.96. The van der Waals surface area contributed by atoms with E-state index in [0.29, 0.717) is 19.1 Å². The lowest BCUT2D eigenvalue weighted by Gasteiger charge is -2.38. The Kier molecular flexibility index (Phi) is 6.20. The van der Waals surface area contributed by atoms with Crippen LogP contribution in [0.15, 0.2) is 0 Å². The molecule has 0 aromatic rings. The van der Waals surface area contributed by atoms with Crippen LogP contribution in [-0.2, 0) is 14.3 Å². The molecule has 22 heavy (non-hydrogen) atoms. The van der Waals surface area contributed by atoms with Crippen LogP contribution in [0.5, 0.6) is 0 Å². The summed E-state index contributed by atoms with van der Waals surface area (Å²) >= 11 is 0. The molecule has 2 rings (SSSR count). The van der Waals surface area contributed by atoms with Gasteiger partial charge in [0.15, 0.2) is 0 Å². The summed E-state index contributed by atoms with van der Waals surface area (Å²) in [6.07, 6.45) is 4.26.